The van der Waals surface area contributed by atoms with E-state index in [-0.39, 0.29) is 11.2 Å². The molecule has 0 bridgehead atoms. The fraction of sp³-hybridized carbons (Fsp3) is 0.714. The second-order valence-electron chi connectivity index (χ2n) is 9.39. The predicted octanol–water partition coefficient (Wildman–Crippen LogP) is 6.46. The van der Waals surface area contributed by atoms with Gasteiger partial charge in [-0.05, 0) is 59.2 Å². The Labute approximate surface area is 156 Å². The summed E-state index contributed by atoms with van der Waals surface area (Å²) >= 11 is 0. The van der Waals surface area contributed by atoms with Crippen molar-refractivity contribution in [1.29, 1.82) is 0 Å². The van der Waals surface area contributed by atoms with Crippen LogP contribution in [0, 0.1) is 0 Å². The van der Waals surface area contributed by atoms with Crippen molar-refractivity contribution in [3.8, 4) is 5.75 Å². The Balaban J connectivity index is 2.97. The van der Waals surface area contributed by atoms with E-state index < -0.39 is 8.56 Å². The Morgan fingerprint density at radius 1 is 0.800 bits per heavy atom. The first-order valence-corrected chi connectivity index (χ1v) is 11.3. The lowest BCUT2D eigenvalue weighted by molar-refractivity contribution is -0.0149. The smallest absolute Gasteiger partial charge is 0.404 e. The zero-order valence-electron chi connectivity index (χ0n) is 17.9. The number of hydrogen-bond donors (Lipinski definition) is 0. The van der Waals surface area contributed by atoms with Crippen LogP contribution in [0.3, 0.4) is 0 Å². The summed E-state index contributed by atoms with van der Waals surface area (Å²) in [5.74, 6) is 0.887. The zero-order valence-corrected chi connectivity index (χ0v) is 18.9. The summed E-state index contributed by atoms with van der Waals surface area (Å²) < 4.78 is 19.0. The minimum atomic E-state index is -2.42. The summed E-state index contributed by atoms with van der Waals surface area (Å²) in [6.45, 7) is 22.0. The molecule has 0 atom stereocenters. The number of ether oxygens (including phenoxy) is 1. The molecule has 1 rings (SSSR count). The van der Waals surface area contributed by atoms with Gasteiger partial charge in [-0.15, -0.1) is 0 Å². The maximum atomic E-state index is 6.58. The lowest BCUT2D eigenvalue weighted by atomic mass is 10.2. The van der Waals surface area contributed by atoms with E-state index in [0.717, 1.165) is 11.3 Å². The highest BCUT2D eigenvalue weighted by Crippen LogP contribution is 2.38. The fourth-order valence-corrected chi connectivity index (χ4v) is 6.55. The van der Waals surface area contributed by atoms with Crippen LogP contribution in [0.25, 0.3) is 0 Å². The molecule has 0 aliphatic rings. The van der Waals surface area contributed by atoms with Gasteiger partial charge in [0.05, 0.1) is 17.8 Å². The van der Waals surface area contributed by atoms with Gasteiger partial charge in [0, 0.05) is 11.1 Å². The first-order valence-electron chi connectivity index (χ1n) is 9.37. The molecular formula is C21H38O3Si. The third kappa shape index (κ3) is 7.12. The Morgan fingerprint density at radius 3 is 1.64 bits per heavy atom. The molecule has 0 saturated carbocycles. The zero-order chi connectivity index (χ0) is 19.5. The molecule has 0 aliphatic carbocycles. The van der Waals surface area contributed by atoms with E-state index >= 15 is 0 Å². The van der Waals surface area contributed by atoms with Gasteiger partial charge in [-0.2, -0.15) is 0 Å². The van der Waals surface area contributed by atoms with Crippen LogP contribution in [-0.2, 0) is 15.8 Å². The highest BCUT2D eigenvalue weighted by Gasteiger charge is 2.49. The summed E-state index contributed by atoms with van der Waals surface area (Å²) in [6.07, 6.45) is 0. The van der Waals surface area contributed by atoms with Crippen LogP contribution in [0.15, 0.2) is 24.3 Å². The summed E-state index contributed by atoms with van der Waals surface area (Å²) in [5.41, 5.74) is 1.51. The number of benzene rings is 1. The Kier molecular flexibility index (Phi) is 7.31. The molecule has 0 unspecified atom stereocenters. The molecular weight excluding hydrogens is 328 g/mol. The molecule has 1 aromatic carbocycles. The quantitative estimate of drug-likeness (QED) is 0.518. The molecule has 25 heavy (non-hydrogen) atoms. The van der Waals surface area contributed by atoms with Gasteiger partial charge in [-0.25, -0.2) is 0 Å². The van der Waals surface area contributed by atoms with E-state index in [1.54, 1.807) is 0 Å². The van der Waals surface area contributed by atoms with Gasteiger partial charge in [0.1, 0.15) is 5.75 Å². The Bertz CT molecular complexity index is 514. The topological polar surface area (TPSA) is 27.7 Å². The number of hydrogen-bond acceptors (Lipinski definition) is 3. The van der Waals surface area contributed by atoms with Gasteiger partial charge in [-0.1, -0.05) is 39.8 Å². The molecule has 0 N–H and O–H groups in total. The summed E-state index contributed by atoms with van der Waals surface area (Å²) in [4.78, 5) is 0. The van der Waals surface area contributed by atoms with Crippen LogP contribution in [0.4, 0.5) is 0 Å². The lowest BCUT2D eigenvalue weighted by Crippen LogP contribution is -2.55. The van der Waals surface area contributed by atoms with Crippen LogP contribution in [-0.4, -0.2) is 19.8 Å². The van der Waals surface area contributed by atoms with Crippen molar-refractivity contribution in [2.75, 3.05) is 0 Å². The maximum absolute atomic E-state index is 6.58. The van der Waals surface area contributed by atoms with Gasteiger partial charge in [0.25, 0.3) is 0 Å². The van der Waals surface area contributed by atoms with E-state index in [1.165, 1.54) is 0 Å². The standard InChI is InChI=1S/C21H38O3Si/c1-16(2)25(17(3)4,24-21(8,9)10)23-19-13-11-18(12-14-19)15-22-20(5,6)7/h11-14,16-17H,15H2,1-10H3. The monoisotopic (exact) mass is 366 g/mol. The van der Waals surface area contributed by atoms with Crippen molar-refractivity contribution in [3.63, 3.8) is 0 Å². The summed E-state index contributed by atoms with van der Waals surface area (Å²) in [6, 6.07) is 8.25. The molecule has 0 radical (unpaired) electrons. The summed E-state index contributed by atoms with van der Waals surface area (Å²) in [7, 11) is -2.42. The van der Waals surface area contributed by atoms with E-state index in [9.17, 15) is 0 Å². The van der Waals surface area contributed by atoms with Gasteiger partial charge in [0.15, 0.2) is 0 Å². The molecule has 0 spiro atoms. The Hall–Kier alpha value is -0.843. The van der Waals surface area contributed by atoms with E-state index in [1.807, 2.05) is 12.1 Å². The fourth-order valence-electron chi connectivity index (χ4n) is 2.78. The average Bonchev–Trinajstić information content (AvgIpc) is 2.43. The van der Waals surface area contributed by atoms with Gasteiger partial charge >= 0.3 is 8.56 Å². The average molecular weight is 367 g/mol. The largest absolute Gasteiger partial charge is 0.520 e. The Morgan fingerprint density at radius 2 is 1.28 bits per heavy atom. The van der Waals surface area contributed by atoms with Crippen LogP contribution >= 0.6 is 0 Å². The van der Waals surface area contributed by atoms with Gasteiger partial charge in [0.2, 0.25) is 0 Å². The minimum Gasteiger partial charge on any atom is -0.520 e. The van der Waals surface area contributed by atoms with Crippen molar-refractivity contribution in [3.05, 3.63) is 29.8 Å². The first kappa shape index (κ1) is 22.2. The third-order valence-corrected chi connectivity index (χ3v) is 8.65. The first-order chi connectivity index (χ1) is 11.3. The van der Waals surface area contributed by atoms with Gasteiger partial charge < -0.3 is 13.6 Å². The van der Waals surface area contributed by atoms with E-state index in [0.29, 0.717) is 17.7 Å². The van der Waals surface area contributed by atoms with Crippen LogP contribution in [0.5, 0.6) is 5.75 Å². The van der Waals surface area contributed by atoms with Crippen molar-refractivity contribution >= 4 is 8.56 Å². The molecule has 3 nitrogen and oxygen atoms in total. The second kappa shape index (κ2) is 8.23. The van der Waals surface area contributed by atoms with Crippen molar-refractivity contribution in [2.45, 2.75) is 98.1 Å². The highest BCUT2D eigenvalue weighted by atomic mass is 28.4. The van der Waals surface area contributed by atoms with E-state index in [2.05, 4.69) is 81.4 Å². The molecule has 0 heterocycles. The molecule has 0 aliphatic heterocycles. The normalized spacial score (nSPS) is 13.6. The molecule has 0 aromatic heterocycles. The third-order valence-electron chi connectivity index (χ3n) is 3.95. The summed E-state index contributed by atoms with van der Waals surface area (Å²) in [5, 5.41) is 0. The maximum Gasteiger partial charge on any atom is 0.404 e. The molecule has 0 saturated heterocycles. The van der Waals surface area contributed by atoms with Crippen LogP contribution in [0.1, 0.15) is 74.8 Å². The molecule has 4 heteroatoms. The lowest BCUT2D eigenvalue weighted by Gasteiger charge is -2.42. The number of rotatable bonds is 7. The molecule has 1 aromatic rings. The van der Waals surface area contributed by atoms with Crippen molar-refractivity contribution in [1.82, 2.24) is 0 Å². The van der Waals surface area contributed by atoms with Crippen molar-refractivity contribution in [2.24, 2.45) is 0 Å². The van der Waals surface area contributed by atoms with Crippen molar-refractivity contribution < 1.29 is 13.6 Å². The van der Waals surface area contributed by atoms with E-state index in [4.69, 9.17) is 13.6 Å². The SMILES string of the molecule is CC(C)[Si](Oc1ccc(COC(C)(C)C)cc1)(OC(C)(C)C)C(C)C. The van der Waals surface area contributed by atoms with Crippen LogP contribution in [0.2, 0.25) is 11.1 Å². The minimum absolute atomic E-state index is 0.132. The highest BCUT2D eigenvalue weighted by molar-refractivity contribution is 6.71. The second-order valence-corrected chi connectivity index (χ2v) is 13.6. The molecule has 0 fully saturated rings. The predicted molar refractivity (Wildman–Crippen MR) is 108 cm³/mol. The molecule has 144 valence electrons. The van der Waals surface area contributed by atoms with Gasteiger partial charge in [-0.3, -0.25) is 0 Å². The molecule has 0 amide bonds. The van der Waals surface area contributed by atoms with Crippen LogP contribution < -0.4 is 4.43 Å².